The molecule has 5 nitrogen and oxygen atoms in total. The second kappa shape index (κ2) is 4.78. The molecule has 5 heteroatoms. The molecule has 0 spiro atoms. The summed E-state index contributed by atoms with van der Waals surface area (Å²) < 4.78 is 10.5. The van der Waals surface area contributed by atoms with Gasteiger partial charge in [-0.25, -0.2) is 0 Å². The number of rotatable bonds is 4. The van der Waals surface area contributed by atoms with E-state index < -0.39 is 5.60 Å². The Balaban J connectivity index is 2.16. The van der Waals surface area contributed by atoms with Crippen molar-refractivity contribution in [1.82, 2.24) is 10.1 Å². The van der Waals surface area contributed by atoms with Gasteiger partial charge in [0.25, 0.3) is 0 Å². The monoisotopic (exact) mass is 247 g/mol. The third-order valence-electron chi connectivity index (χ3n) is 2.82. The van der Waals surface area contributed by atoms with Gasteiger partial charge in [0.1, 0.15) is 5.60 Å². The summed E-state index contributed by atoms with van der Waals surface area (Å²) in [5.74, 6) is 1.10. The van der Waals surface area contributed by atoms with E-state index in [0.717, 1.165) is 11.3 Å². The normalized spacial score (nSPS) is 11.7. The third kappa shape index (κ3) is 2.68. The number of aromatic nitrogens is 2. The first-order chi connectivity index (χ1) is 8.51. The number of methoxy groups -OCH3 is 1. The molecule has 0 saturated carbocycles. The van der Waals surface area contributed by atoms with E-state index in [0.29, 0.717) is 18.1 Å². The van der Waals surface area contributed by atoms with Crippen molar-refractivity contribution in [2.24, 2.45) is 0 Å². The highest BCUT2D eigenvalue weighted by molar-refractivity contribution is 5.41. The van der Waals surface area contributed by atoms with Crippen LogP contribution >= 0.6 is 0 Å². The van der Waals surface area contributed by atoms with Gasteiger partial charge < -0.3 is 15.0 Å². The van der Waals surface area contributed by atoms with Crippen molar-refractivity contribution in [3.8, 4) is 0 Å². The maximum absolute atomic E-state index is 5.72. The second-order valence-electron chi connectivity index (χ2n) is 4.65. The second-order valence-corrected chi connectivity index (χ2v) is 4.65. The lowest BCUT2D eigenvalue weighted by molar-refractivity contribution is 0.00973. The summed E-state index contributed by atoms with van der Waals surface area (Å²) in [5.41, 5.74) is 6.95. The average Bonchev–Trinajstić information content (AvgIpc) is 2.78. The predicted molar refractivity (Wildman–Crippen MR) is 68.0 cm³/mol. The Morgan fingerprint density at radius 1 is 1.39 bits per heavy atom. The van der Waals surface area contributed by atoms with Crippen molar-refractivity contribution in [2.45, 2.75) is 25.9 Å². The van der Waals surface area contributed by atoms with E-state index in [9.17, 15) is 0 Å². The summed E-state index contributed by atoms with van der Waals surface area (Å²) in [4.78, 5) is 4.33. The van der Waals surface area contributed by atoms with Crippen LogP contribution in [0.3, 0.4) is 0 Å². The molecule has 0 atom stereocenters. The molecule has 1 aromatic carbocycles. The van der Waals surface area contributed by atoms with Gasteiger partial charge in [-0.05, 0) is 31.5 Å². The Hall–Kier alpha value is -1.88. The maximum Gasteiger partial charge on any atom is 0.231 e. The zero-order valence-corrected chi connectivity index (χ0v) is 10.8. The van der Waals surface area contributed by atoms with Crippen LogP contribution in [-0.4, -0.2) is 17.3 Å². The first kappa shape index (κ1) is 12.6. The van der Waals surface area contributed by atoms with Crippen LogP contribution in [-0.2, 0) is 16.8 Å². The number of nitrogens with zero attached hydrogens (tertiary/aromatic N) is 2. The minimum absolute atomic E-state index is 0.544. The molecule has 0 aliphatic rings. The fourth-order valence-electron chi connectivity index (χ4n) is 1.54. The number of benzene rings is 1. The van der Waals surface area contributed by atoms with Gasteiger partial charge in [0, 0.05) is 12.8 Å². The molecule has 0 aliphatic carbocycles. The molecule has 96 valence electrons. The van der Waals surface area contributed by atoms with Crippen LogP contribution in [0.25, 0.3) is 0 Å². The number of hydrogen-bond acceptors (Lipinski definition) is 5. The summed E-state index contributed by atoms with van der Waals surface area (Å²) in [6.07, 6.45) is 0.567. The van der Waals surface area contributed by atoms with Crippen molar-refractivity contribution in [2.75, 3.05) is 12.8 Å². The van der Waals surface area contributed by atoms with Crippen LogP contribution in [0.2, 0.25) is 0 Å². The summed E-state index contributed by atoms with van der Waals surface area (Å²) >= 11 is 0. The van der Waals surface area contributed by atoms with Gasteiger partial charge in [-0.3, -0.25) is 0 Å². The van der Waals surface area contributed by atoms with Crippen LogP contribution < -0.4 is 5.73 Å². The lowest BCUT2D eigenvalue weighted by Gasteiger charge is -2.17. The standard InChI is InChI=1S/C13H17N3O2/c1-13(2,17-3)12-15-11(18-16-12)8-9-5-4-6-10(14)7-9/h4-7H,8,14H2,1-3H3. The molecule has 0 bridgehead atoms. The predicted octanol–water partition coefficient (Wildman–Crippen LogP) is 2.12. The zero-order chi connectivity index (χ0) is 13.2. The lowest BCUT2D eigenvalue weighted by Crippen LogP contribution is -2.21. The number of ether oxygens (including phenoxy) is 1. The molecule has 0 saturated heterocycles. The van der Waals surface area contributed by atoms with Gasteiger partial charge in [0.05, 0.1) is 6.42 Å². The molecule has 2 N–H and O–H groups in total. The molecule has 1 heterocycles. The van der Waals surface area contributed by atoms with E-state index in [1.54, 1.807) is 7.11 Å². The lowest BCUT2D eigenvalue weighted by atomic mass is 10.1. The zero-order valence-electron chi connectivity index (χ0n) is 10.8. The highest BCUT2D eigenvalue weighted by atomic mass is 16.5. The Morgan fingerprint density at radius 3 is 2.83 bits per heavy atom. The van der Waals surface area contributed by atoms with Gasteiger partial charge in [-0.2, -0.15) is 4.98 Å². The molecule has 0 fully saturated rings. The minimum Gasteiger partial charge on any atom is -0.399 e. The first-order valence-corrected chi connectivity index (χ1v) is 5.74. The molecule has 0 aliphatic heterocycles. The Labute approximate surface area is 106 Å². The van der Waals surface area contributed by atoms with Crippen LogP contribution in [0.15, 0.2) is 28.8 Å². The van der Waals surface area contributed by atoms with Crippen molar-refractivity contribution in [3.05, 3.63) is 41.5 Å². The maximum atomic E-state index is 5.72. The highest BCUT2D eigenvalue weighted by Crippen LogP contribution is 2.21. The quantitative estimate of drug-likeness (QED) is 0.838. The van der Waals surface area contributed by atoms with E-state index in [4.69, 9.17) is 15.0 Å². The summed E-state index contributed by atoms with van der Waals surface area (Å²) in [6, 6.07) is 7.62. The molecule has 0 unspecified atom stereocenters. The SMILES string of the molecule is COC(C)(C)c1noc(Cc2cccc(N)c2)n1. The van der Waals surface area contributed by atoms with Gasteiger partial charge in [0.2, 0.25) is 11.7 Å². The average molecular weight is 247 g/mol. The largest absolute Gasteiger partial charge is 0.399 e. The van der Waals surface area contributed by atoms with Crippen molar-refractivity contribution in [1.29, 1.82) is 0 Å². The molecule has 2 rings (SSSR count). The number of hydrogen-bond donors (Lipinski definition) is 1. The van der Waals surface area contributed by atoms with E-state index in [1.807, 2.05) is 38.1 Å². The molecular weight excluding hydrogens is 230 g/mol. The van der Waals surface area contributed by atoms with Crippen molar-refractivity contribution in [3.63, 3.8) is 0 Å². The highest BCUT2D eigenvalue weighted by Gasteiger charge is 2.26. The van der Waals surface area contributed by atoms with Crippen LogP contribution in [0.1, 0.15) is 31.1 Å². The van der Waals surface area contributed by atoms with Crippen molar-refractivity contribution < 1.29 is 9.26 Å². The minimum atomic E-state index is -0.544. The number of nitrogens with two attached hydrogens (primary N) is 1. The van der Waals surface area contributed by atoms with Gasteiger partial charge >= 0.3 is 0 Å². The molecule has 1 aromatic heterocycles. The molecular formula is C13H17N3O2. The fraction of sp³-hybridized carbons (Fsp3) is 0.385. The topological polar surface area (TPSA) is 74.2 Å². The Kier molecular flexibility index (Phi) is 3.34. The molecule has 0 radical (unpaired) electrons. The third-order valence-corrected chi connectivity index (χ3v) is 2.82. The Bertz CT molecular complexity index is 535. The number of nitrogen functional groups attached to an aromatic ring is 1. The smallest absolute Gasteiger partial charge is 0.231 e. The van der Waals surface area contributed by atoms with E-state index in [1.165, 1.54) is 0 Å². The van der Waals surface area contributed by atoms with Gasteiger partial charge in [0.15, 0.2) is 0 Å². The van der Waals surface area contributed by atoms with Crippen LogP contribution in [0.5, 0.6) is 0 Å². The Morgan fingerprint density at radius 2 is 2.17 bits per heavy atom. The van der Waals surface area contributed by atoms with E-state index in [2.05, 4.69) is 10.1 Å². The molecule has 0 amide bonds. The first-order valence-electron chi connectivity index (χ1n) is 5.74. The van der Waals surface area contributed by atoms with Gasteiger partial charge in [-0.15, -0.1) is 0 Å². The van der Waals surface area contributed by atoms with Crippen molar-refractivity contribution >= 4 is 5.69 Å². The molecule has 18 heavy (non-hydrogen) atoms. The fourth-order valence-corrected chi connectivity index (χ4v) is 1.54. The summed E-state index contributed by atoms with van der Waals surface area (Å²) in [6.45, 7) is 3.78. The van der Waals surface area contributed by atoms with Crippen LogP contribution in [0.4, 0.5) is 5.69 Å². The molecule has 2 aromatic rings. The van der Waals surface area contributed by atoms with Crippen LogP contribution in [0, 0.1) is 0 Å². The van der Waals surface area contributed by atoms with Gasteiger partial charge in [-0.1, -0.05) is 17.3 Å². The summed E-state index contributed by atoms with van der Waals surface area (Å²) in [5, 5.41) is 3.93. The summed E-state index contributed by atoms with van der Waals surface area (Å²) in [7, 11) is 1.62. The number of anilines is 1. The van der Waals surface area contributed by atoms with E-state index in [-0.39, 0.29) is 0 Å². The van der Waals surface area contributed by atoms with E-state index >= 15 is 0 Å².